The fraction of sp³-hybridized carbons (Fsp3) is 0.389. The number of fused-ring (bicyclic) bond motifs is 1. The Morgan fingerprint density at radius 3 is 2.64 bits per heavy atom. The van der Waals surface area contributed by atoms with E-state index in [1.54, 1.807) is 6.26 Å². The smallest absolute Gasteiger partial charge is 0.391 e. The molecular weight excluding hydrogens is 404 g/mol. The summed E-state index contributed by atoms with van der Waals surface area (Å²) >= 11 is 1.28. The molecule has 2 aromatic heterocycles. The van der Waals surface area contributed by atoms with Crippen LogP contribution < -0.4 is 11.2 Å². The molecule has 0 saturated carbocycles. The van der Waals surface area contributed by atoms with Crippen molar-refractivity contribution >= 4 is 41.6 Å². The number of hydrogen-bond donors (Lipinski definition) is 3. The van der Waals surface area contributed by atoms with Gasteiger partial charge in [0, 0.05) is 6.54 Å². The van der Waals surface area contributed by atoms with Gasteiger partial charge in [0.25, 0.3) is 0 Å². The van der Waals surface area contributed by atoms with Gasteiger partial charge in [0.15, 0.2) is 5.82 Å². The Hall–Kier alpha value is -1.80. The number of nitrogens with two attached hydrogens (primary N) is 1. The highest BCUT2D eigenvalue weighted by molar-refractivity contribution is 7.98. The summed E-state index contributed by atoms with van der Waals surface area (Å²) in [6.07, 6.45) is 3.56. The Bertz CT molecular complexity index is 1090. The number of imidazole rings is 1. The zero-order valence-electron chi connectivity index (χ0n) is 16.1. The molecule has 0 fully saturated rings. The Balaban J connectivity index is 2.47. The number of aryl methyl sites for hydroxylation is 1. The van der Waals surface area contributed by atoms with Gasteiger partial charge in [-0.1, -0.05) is 20.8 Å². The zero-order chi connectivity index (χ0) is 20.8. The minimum absolute atomic E-state index is 0.0680. The lowest BCUT2D eigenvalue weighted by molar-refractivity contribution is 0.376. The fourth-order valence-corrected chi connectivity index (χ4v) is 4.86. The van der Waals surface area contributed by atoms with Crippen molar-refractivity contribution in [3.63, 3.8) is 0 Å². The van der Waals surface area contributed by atoms with Crippen LogP contribution in [0.2, 0.25) is 0 Å². The summed E-state index contributed by atoms with van der Waals surface area (Å²) in [5.41, 5.74) is 7.47. The summed E-state index contributed by atoms with van der Waals surface area (Å²) in [6, 6.07) is 1.46. The van der Waals surface area contributed by atoms with Crippen molar-refractivity contribution in [3.8, 4) is 11.4 Å². The average molecular weight is 427 g/mol. The van der Waals surface area contributed by atoms with Crippen molar-refractivity contribution in [2.45, 2.75) is 38.6 Å². The van der Waals surface area contributed by atoms with Crippen molar-refractivity contribution in [3.05, 3.63) is 23.7 Å². The highest BCUT2D eigenvalue weighted by atomic mass is 32.2. The average Bonchev–Trinajstić information content (AvgIpc) is 3.22. The fourth-order valence-electron chi connectivity index (χ4n) is 3.40. The lowest BCUT2D eigenvalue weighted by Crippen LogP contribution is -2.11. The van der Waals surface area contributed by atoms with E-state index in [9.17, 15) is 18.7 Å². The van der Waals surface area contributed by atoms with Gasteiger partial charge in [0.05, 0.1) is 27.9 Å². The summed E-state index contributed by atoms with van der Waals surface area (Å²) in [7, 11) is -4.66. The first-order valence-electron chi connectivity index (χ1n) is 8.79. The second-order valence-electron chi connectivity index (χ2n) is 6.91. The maximum absolute atomic E-state index is 14.9. The number of hydrogen-bond acceptors (Lipinski definition) is 5. The van der Waals surface area contributed by atoms with Gasteiger partial charge in [-0.25, -0.2) is 9.37 Å². The number of halogens is 1. The van der Waals surface area contributed by atoms with Gasteiger partial charge in [0.2, 0.25) is 5.50 Å². The van der Waals surface area contributed by atoms with E-state index in [1.807, 2.05) is 25.3 Å². The van der Waals surface area contributed by atoms with E-state index in [2.05, 4.69) is 4.98 Å². The Morgan fingerprint density at radius 2 is 2.11 bits per heavy atom. The molecule has 1 aromatic carbocycles. The topological polar surface area (TPSA) is 115 Å². The maximum Gasteiger partial charge on any atom is 0.391 e. The predicted molar refractivity (Wildman–Crippen MR) is 109 cm³/mol. The highest BCUT2D eigenvalue weighted by Gasteiger charge is 2.31. The molecule has 0 atom stereocenters. The van der Waals surface area contributed by atoms with Crippen LogP contribution in [0.25, 0.3) is 22.4 Å². The molecule has 0 bridgehead atoms. The Labute approximate surface area is 166 Å². The van der Waals surface area contributed by atoms with E-state index >= 15 is 0 Å². The van der Waals surface area contributed by atoms with Gasteiger partial charge in [-0.15, -0.1) is 11.8 Å². The zero-order valence-corrected chi connectivity index (χ0v) is 17.8. The molecule has 10 heteroatoms. The standard InChI is InChI=1S/C18H23FN3O4PS/c1-5-10-15-14(13(20)12(19)16(10)28-4)21-17(22(15)8-9(2)3)11-6-7-26-18(11)27(23,24)25/h6-7,9H,5,8,20H2,1-4H3,(H2,23,24,25). The second kappa shape index (κ2) is 7.55. The van der Waals surface area contributed by atoms with Crippen LogP contribution >= 0.6 is 19.4 Å². The highest BCUT2D eigenvalue weighted by Crippen LogP contribution is 2.42. The van der Waals surface area contributed by atoms with Crippen molar-refractivity contribution < 1.29 is 23.2 Å². The van der Waals surface area contributed by atoms with E-state index in [1.165, 1.54) is 24.1 Å². The van der Waals surface area contributed by atoms with Gasteiger partial charge < -0.3 is 24.5 Å². The molecule has 3 aromatic rings. The third-order valence-corrected chi connectivity index (χ3v) is 6.18. The minimum Gasteiger partial charge on any atom is -0.456 e. The van der Waals surface area contributed by atoms with Gasteiger partial charge >= 0.3 is 7.60 Å². The molecular formula is C18H23FN3O4PS. The number of benzene rings is 1. The molecule has 0 saturated heterocycles. The number of aromatic nitrogens is 2. The molecule has 0 radical (unpaired) electrons. The molecule has 3 rings (SSSR count). The SMILES string of the molecule is CCc1c(SC)c(F)c(N)c2nc(-c3ccoc3P(=O)(O)O)n(CC(C)C)c12. The minimum atomic E-state index is -4.66. The molecule has 4 N–H and O–H groups in total. The van der Waals surface area contributed by atoms with Crippen molar-refractivity contribution in [2.75, 3.05) is 12.0 Å². The van der Waals surface area contributed by atoms with Crippen LogP contribution in [0.15, 0.2) is 21.6 Å². The van der Waals surface area contributed by atoms with Gasteiger partial charge in [0.1, 0.15) is 11.3 Å². The molecule has 28 heavy (non-hydrogen) atoms. The number of nitrogens with zero attached hydrogens (tertiary/aromatic N) is 2. The summed E-state index contributed by atoms with van der Waals surface area (Å²) < 4.78 is 33.6. The molecule has 0 aliphatic carbocycles. The summed E-state index contributed by atoms with van der Waals surface area (Å²) in [5.74, 6) is -0.00916. The summed E-state index contributed by atoms with van der Waals surface area (Å²) in [5, 5.41) is 0. The van der Waals surface area contributed by atoms with Crippen molar-refractivity contribution in [1.29, 1.82) is 0 Å². The molecule has 0 amide bonds. The molecule has 0 aliphatic heterocycles. The number of anilines is 1. The molecule has 2 heterocycles. The van der Waals surface area contributed by atoms with Crippen LogP contribution in [0.4, 0.5) is 10.1 Å². The van der Waals surface area contributed by atoms with E-state index < -0.39 is 18.9 Å². The first-order chi connectivity index (χ1) is 13.1. The van der Waals surface area contributed by atoms with Crippen molar-refractivity contribution in [1.82, 2.24) is 9.55 Å². The second-order valence-corrected chi connectivity index (χ2v) is 9.22. The van der Waals surface area contributed by atoms with E-state index in [0.29, 0.717) is 34.7 Å². The molecule has 0 unspecified atom stereocenters. The van der Waals surface area contributed by atoms with E-state index in [0.717, 1.165) is 5.56 Å². The number of thioether (sulfide) groups is 1. The number of furan rings is 1. The van der Waals surface area contributed by atoms with E-state index in [4.69, 9.17) is 10.2 Å². The van der Waals surface area contributed by atoms with Gasteiger partial charge in [-0.05, 0) is 30.2 Å². The van der Waals surface area contributed by atoms with Gasteiger partial charge in [-0.2, -0.15) is 0 Å². The monoisotopic (exact) mass is 427 g/mol. The van der Waals surface area contributed by atoms with Crippen LogP contribution in [-0.4, -0.2) is 25.6 Å². The molecule has 152 valence electrons. The van der Waals surface area contributed by atoms with E-state index in [-0.39, 0.29) is 17.2 Å². The van der Waals surface area contributed by atoms with Crippen LogP contribution in [0.3, 0.4) is 0 Å². The Morgan fingerprint density at radius 1 is 1.43 bits per heavy atom. The molecule has 0 spiro atoms. The summed E-state index contributed by atoms with van der Waals surface area (Å²) in [6.45, 7) is 6.48. The number of nitrogen functional groups attached to an aromatic ring is 1. The molecule has 0 aliphatic rings. The van der Waals surface area contributed by atoms with Crippen LogP contribution in [0.5, 0.6) is 0 Å². The lowest BCUT2D eigenvalue weighted by Gasteiger charge is -2.16. The number of rotatable bonds is 6. The Kier molecular flexibility index (Phi) is 5.64. The largest absolute Gasteiger partial charge is 0.456 e. The van der Waals surface area contributed by atoms with Crippen LogP contribution in [-0.2, 0) is 17.5 Å². The quantitative estimate of drug-likeness (QED) is 0.312. The first kappa shape index (κ1) is 20.9. The lowest BCUT2D eigenvalue weighted by atomic mass is 10.1. The third kappa shape index (κ3) is 3.37. The maximum atomic E-state index is 14.9. The predicted octanol–water partition coefficient (Wildman–Crippen LogP) is 3.76. The van der Waals surface area contributed by atoms with Crippen LogP contribution in [0.1, 0.15) is 26.3 Å². The van der Waals surface area contributed by atoms with Gasteiger partial charge in [-0.3, -0.25) is 4.57 Å². The van der Waals surface area contributed by atoms with Crippen molar-refractivity contribution in [2.24, 2.45) is 5.92 Å². The summed E-state index contributed by atoms with van der Waals surface area (Å²) in [4.78, 5) is 24.3. The third-order valence-electron chi connectivity index (χ3n) is 4.47. The van der Waals surface area contributed by atoms with Crippen LogP contribution in [0, 0.1) is 11.7 Å². The first-order valence-corrected chi connectivity index (χ1v) is 11.6. The molecule has 7 nitrogen and oxygen atoms in total. The normalized spacial score (nSPS) is 12.4.